The van der Waals surface area contributed by atoms with Gasteiger partial charge in [0.1, 0.15) is 12.4 Å². The lowest BCUT2D eigenvalue weighted by Crippen LogP contribution is -1.94. The Labute approximate surface area is 111 Å². The van der Waals surface area contributed by atoms with Crippen LogP contribution in [0.3, 0.4) is 0 Å². The molecule has 0 heterocycles. The second kappa shape index (κ2) is 5.92. The molecule has 1 aromatic rings. The van der Waals surface area contributed by atoms with Gasteiger partial charge in [-0.15, -0.1) is 0 Å². The van der Waals surface area contributed by atoms with E-state index in [2.05, 4.69) is 9.85 Å². The molecule has 0 bridgehead atoms. The molecule has 0 atom stereocenters. The fourth-order valence-electron chi connectivity index (χ4n) is 0.756. The number of benzene rings is 1. The van der Waals surface area contributed by atoms with Gasteiger partial charge in [0.25, 0.3) is 0 Å². The molecule has 14 heavy (non-hydrogen) atoms. The van der Waals surface area contributed by atoms with E-state index in [1.165, 1.54) is 6.07 Å². The molecule has 0 saturated heterocycles. The molecule has 0 spiro atoms. The second-order valence-corrected chi connectivity index (χ2v) is 4.02. The summed E-state index contributed by atoms with van der Waals surface area (Å²) in [5, 5.41) is 1.24. The zero-order chi connectivity index (χ0) is 10.6. The molecule has 1 rings (SSSR count). The van der Waals surface area contributed by atoms with Crippen LogP contribution in [0.2, 0.25) is 15.1 Å². The van der Waals surface area contributed by atoms with Crippen molar-refractivity contribution in [3.8, 4) is 15.6 Å². The monoisotopic (exact) mass is 366 g/mol. The van der Waals surface area contributed by atoms with Crippen LogP contribution >= 0.6 is 57.4 Å². The highest BCUT2D eigenvalue weighted by Gasteiger charge is 2.06. The molecule has 0 radical (unpaired) electrons. The van der Waals surface area contributed by atoms with Crippen LogP contribution in [0, 0.1) is 9.85 Å². The Balaban J connectivity index is 2.85. The summed E-state index contributed by atoms with van der Waals surface area (Å²) < 4.78 is 7.94. The van der Waals surface area contributed by atoms with Crippen molar-refractivity contribution in [2.24, 2.45) is 0 Å². The third-order valence-electron chi connectivity index (χ3n) is 1.34. The first kappa shape index (κ1) is 12.3. The van der Waals surface area contributed by atoms with Gasteiger partial charge in [-0.05, 0) is 9.99 Å². The third kappa shape index (κ3) is 3.39. The fourth-order valence-corrected chi connectivity index (χ4v) is 1.50. The molecule has 5 heteroatoms. The Kier molecular flexibility index (Phi) is 5.18. The van der Waals surface area contributed by atoms with E-state index in [0.717, 1.165) is 0 Å². The Morgan fingerprint density at radius 2 is 1.79 bits per heavy atom. The van der Waals surface area contributed by atoms with Crippen molar-refractivity contribution >= 4 is 57.4 Å². The van der Waals surface area contributed by atoms with Gasteiger partial charge in [-0.2, -0.15) is 0 Å². The summed E-state index contributed by atoms with van der Waals surface area (Å²) in [5.74, 6) is 3.22. The zero-order valence-electron chi connectivity index (χ0n) is 6.78. The van der Waals surface area contributed by atoms with Crippen LogP contribution in [0.5, 0.6) is 5.75 Å². The van der Waals surface area contributed by atoms with E-state index < -0.39 is 0 Å². The summed E-state index contributed by atoms with van der Waals surface area (Å²) >= 11 is 19.3. The smallest absolute Gasteiger partial charge is 0.149 e. The van der Waals surface area contributed by atoms with Gasteiger partial charge in [0, 0.05) is 28.7 Å². The van der Waals surface area contributed by atoms with Crippen LogP contribution in [-0.2, 0) is 0 Å². The van der Waals surface area contributed by atoms with E-state index in [4.69, 9.17) is 39.5 Å². The topological polar surface area (TPSA) is 9.23 Å². The number of hydrogen-bond acceptors (Lipinski definition) is 1. The highest BCUT2D eigenvalue weighted by Crippen LogP contribution is 2.33. The van der Waals surface area contributed by atoms with E-state index in [1.54, 1.807) is 6.07 Å². The molecular weight excluding hydrogens is 363 g/mol. The van der Waals surface area contributed by atoms with Crippen molar-refractivity contribution in [2.75, 3.05) is 6.61 Å². The predicted molar refractivity (Wildman–Crippen MR) is 68.8 cm³/mol. The molecular formula is C9H4Cl3IO. The lowest BCUT2D eigenvalue weighted by atomic mass is 10.8. The van der Waals surface area contributed by atoms with Gasteiger partial charge in [0.05, 0.1) is 15.1 Å². The minimum Gasteiger partial charge on any atom is -0.479 e. The van der Waals surface area contributed by atoms with E-state index in [0.29, 0.717) is 20.8 Å². The van der Waals surface area contributed by atoms with Gasteiger partial charge in [-0.1, -0.05) is 40.7 Å². The summed E-state index contributed by atoms with van der Waals surface area (Å²) in [6.45, 7) is 0.278. The Bertz CT molecular complexity index is 395. The number of hydrogen-bond donors (Lipinski definition) is 0. The van der Waals surface area contributed by atoms with Crippen LogP contribution in [-0.4, -0.2) is 6.61 Å². The predicted octanol–water partition coefficient (Wildman–Crippen LogP) is 4.42. The average molecular weight is 367 g/mol. The molecule has 0 aliphatic heterocycles. The molecule has 0 saturated carbocycles. The highest BCUT2D eigenvalue weighted by atomic mass is 127. The number of rotatable bonds is 2. The first-order valence-corrected chi connectivity index (χ1v) is 5.72. The van der Waals surface area contributed by atoms with Crippen molar-refractivity contribution < 1.29 is 4.74 Å². The Hall–Kier alpha value is 0.180. The average Bonchev–Trinajstić information content (AvgIpc) is 2.14. The lowest BCUT2D eigenvalue weighted by molar-refractivity contribution is 0.370. The van der Waals surface area contributed by atoms with Gasteiger partial charge >= 0.3 is 0 Å². The zero-order valence-corrected chi connectivity index (χ0v) is 11.2. The van der Waals surface area contributed by atoms with Gasteiger partial charge in [-0.3, -0.25) is 0 Å². The second-order valence-electron chi connectivity index (χ2n) is 2.26. The summed E-state index contributed by atoms with van der Waals surface area (Å²) in [4.78, 5) is 0. The first-order chi connectivity index (χ1) is 6.65. The molecule has 0 N–H and O–H groups in total. The SMILES string of the molecule is Cl[13c]1[13cH][13c](Cl)[13c](OCC#CI)[13cH][13c]1Cl. The van der Waals surface area contributed by atoms with Crippen LogP contribution in [0.15, 0.2) is 12.1 Å². The highest BCUT2D eigenvalue weighted by molar-refractivity contribution is 14.1. The summed E-state index contributed by atoms with van der Waals surface area (Å²) in [5.41, 5.74) is 0. The van der Waals surface area contributed by atoms with Crippen molar-refractivity contribution in [3.63, 3.8) is 0 Å². The summed E-state index contributed by atoms with van der Waals surface area (Å²) in [6.07, 6.45) is 0. The van der Waals surface area contributed by atoms with E-state index >= 15 is 0 Å². The van der Waals surface area contributed by atoms with Gasteiger partial charge < -0.3 is 4.74 Å². The maximum Gasteiger partial charge on any atom is 0.149 e. The summed E-state index contributed by atoms with van der Waals surface area (Å²) in [7, 11) is 0. The van der Waals surface area contributed by atoms with Crippen LogP contribution in [0.4, 0.5) is 0 Å². The Morgan fingerprint density at radius 1 is 1.14 bits per heavy atom. The molecule has 74 valence electrons. The maximum absolute atomic E-state index is 5.86. The molecule has 0 aliphatic carbocycles. The van der Waals surface area contributed by atoms with E-state index in [-0.39, 0.29) is 6.61 Å². The third-order valence-corrected chi connectivity index (χ3v) is 2.74. The largest absolute Gasteiger partial charge is 0.479 e. The lowest BCUT2D eigenvalue weighted by Gasteiger charge is -2.05. The normalized spacial score (nSPS) is 9.14. The standard InChI is InChI=1S/C9H4Cl3IO/c10-6-4-8(12)9(5-7(6)11)14-3-1-2-13/h4-5H,3H2/i4+1,5+1,6+1,7+1,8+1,9+1. The Morgan fingerprint density at radius 3 is 2.43 bits per heavy atom. The van der Waals surface area contributed by atoms with Gasteiger partial charge in [0.15, 0.2) is 0 Å². The van der Waals surface area contributed by atoms with Crippen molar-refractivity contribution in [1.82, 2.24) is 0 Å². The quantitative estimate of drug-likeness (QED) is 0.427. The molecule has 1 nitrogen and oxygen atoms in total. The number of halogens is 4. The van der Waals surface area contributed by atoms with Gasteiger partial charge in [0.2, 0.25) is 0 Å². The van der Waals surface area contributed by atoms with Crippen molar-refractivity contribution in [2.45, 2.75) is 0 Å². The maximum atomic E-state index is 5.86. The molecule has 1 aromatic carbocycles. The molecule has 0 aliphatic rings. The first-order valence-electron chi connectivity index (χ1n) is 3.51. The van der Waals surface area contributed by atoms with Crippen molar-refractivity contribution in [3.05, 3.63) is 27.2 Å². The fraction of sp³-hybridized carbons (Fsp3) is 0.111. The van der Waals surface area contributed by atoms with Crippen LogP contribution < -0.4 is 4.74 Å². The molecule has 0 aromatic heterocycles. The van der Waals surface area contributed by atoms with E-state index in [1.807, 2.05) is 22.6 Å². The van der Waals surface area contributed by atoms with Crippen molar-refractivity contribution in [1.29, 1.82) is 0 Å². The van der Waals surface area contributed by atoms with Gasteiger partial charge in [-0.25, -0.2) is 0 Å². The minimum absolute atomic E-state index is 0.278. The van der Waals surface area contributed by atoms with Crippen LogP contribution in [0.1, 0.15) is 0 Å². The summed E-state index contributed by atoms with van der Waals surface area (Å²) in [6, 6.07) is 3.11. The molecule has 0 fully saturated rings. The van der Waals surface area contributed by atoms with E-state index in [9.17, 15) is 0 Å². The molecule has 0 unspecified atom stereocenters. The van der Waals surface area contributed by atoms with Crippen LogP contribution in [0.25, 0.3) is 0 Å². The minimum atomic E-state index is 0.278. The molecule has 0 amide bonds. The number of ether oxygens (including phenoxy) is 1.